The van der Waals surface area contributed by atoms with Crippen molar-refractivity contribution in [2.24, 2.45) is 11.7 Å². The Hall–Kier alpha value is -0.580. The normalized spacial score (nSPS) is 13.1. The van der Waals surface area contributed by atoms with E-state index in [-0.39, 0.29) is 0 Å². The maximum absolute atomic E-state index is 5.84. The first-order chi connectivity index (χ1) is 8.99. The molecule has 0 aliphatic rings. The summed E-state index contributed by atoms with van der Waals surface area (Å²) in [4.78, 5) is 2.35. The Morgan fingerprint density at radius 1 is 1.37 bits per heavy atom. The van der Waals surface area contributed by atoms with Crippen LogP contribution in [0.4, 0.5) is 0 Å². The number of hydrogen-bond donors (Lipinski definition) is 1. The van der Waals surface area contributed by atoms with Crippen LogP contribution in [0.2, 0.25) is 0 Å². The summed E-state index contributed by atoms with van der Waals surface area (Å²) < 4.78 is 6.25. The van der Waals surface area contributed by atoms with Crippen LogP contribution in [0.5, 0.6) is 5.75 Å². The zero-order chi connectivity index (χ0) is 14.4. The SMILES string of the molecule is COc1ccc(CCN(C)C(CN)C(C)C)cc1Br. The molecule has 3 nitrogen and oxygen atoms in total. The Kier molecular flexibility index (Phi) is 6.83. The Morgan fingerprint density at radius 3 is 2.53 bits per heavy atom. The molecule has 0 aliphatic heterocycles. The standard InChI is InChI=1S/C15H25BrN2O/c1-11(2)14(10-17)18(3)8-7-12-5-6-15(19-4)13(16)9-12/h5-6,9,11,14H,7-8,10,17H2,1-4H3. The number of rotatable bonds is 7. The van der Waals surface area contributed by atoms with Crippen LogP contribution in [0.3, 0.4) is 0 Å². The second kappa shape index (κ2) is 7.88. The molecule has 0 aliphatic carbocycles. The van der Waals surface area contributed by atoms with Crippen molar-refractivity contribution < 1.29 is 4.74 Å². The average molecular weight is 329 g/mol. The number of ether oxygens (including phenoxy) is 1. The molecule has 0 bridgehead atoms. The molecular weight excluding hydrogens is 304 g/mol. The smallest absolute Gasteiger partial charge is 0.133 e. The third kappa shape index (κ3) is 4.79. The van der Waals surface area contributed by atoms with Gasteiger partial charge in [0.25, 0.3) is 0 Å². The molecule has 108 valence electrons. The predicted octanol–water partition coefficient (Wildman–Crippen LogP) is 2.92. The second-order valence-electron chi connectivity index (χ2n) is 5.25. The molecule has 0 aromatic heterocycles. The summed E-state index contributed by atoms with van der Waals surface area (Å²) in [5, 5.41) is 0. The topological polar surface area (TPSA) is 38.5 Å². The van der Waals surface area contributed by atoms with E-state index in [1.807, 2.05) is 6.07 Å². The van der Waals surface area contributed by atoms with Crippen LogP contribution in [0.25, 0.3) is 0 Å². The lowest BCUT2D eigenvalue weighted by molar-refractivity contribution is 0.199. The zero-order valence-corrected chi connectivity index (χ0v) is 13.9. The molecule has 19 heavy (non-hydrogen) atoms. The van der Waals surface area contributed by atoms with E-state index in [4.69, 9.17) is 10.5 Å². The van der Waals surface area contributed by atoms with Gasteiger partial charge in [-0.1, -0.05) is 19.9 Å². The minimum Gasteiger partial charge on any atom is -0.496 e. The summed E-state index contributed by atoms with van der Waals surface area (Å²) in [6.45, 7) is 6.16. The third-order valence-electron chi connectivity index (χ3n) is 3.55. The first-order valence-electron chi connectivity index (χ1n) is 6.72. The van der Waals surface area contributed by atoms with Crippen molar-refractivity contribution in [3.8, 4) is 5.75 Å². The van der Waals surface area contributed by atoms with Crippen molar-refractivity contribution in [2.75, 3.05) is 27.2 Å². The van der Waals surface area contributed by atoms with Gasteiger partial charge in [-0.2, -0.15) is 0 Å². The fourth-order valence-electron chi connectivity index (χ4n) is 2.30. The van der Waals surface area contributed by atoms with Gasteiger partial charge in [-0.25, -0.2) is 0 Å². The largest absolute Gasteiger partial charge is 0.496 e. The Bertz CT molecular complexity index is 396. The van der Waals surface area contributed by atoms with E-state index in [1.165, 1.54) is 5.56 Å². The Labute approximate surface area is 125 Å². The van der Waals surface area contributed by atoms with Crippen molar-refractivity contribution in [1.82, 2.24) is 4.90 Å². The van der Waals surface area contributed by atoms with Gasteiger partial charge in [0.05, 0.1) is 11.6 Å². The average Bonchev–Trinajstić information content (AvgIpc) is 2.37. The summed E-state index contributed by atoms with van der Waals surface area (Å²) in [5.74, 6) is 1.46. The van der Waals surface area contributed by atoms with Crippen molar-refractivity contribution >= 4 is 15.9 Å². The van der Waals surface area contributed by atoms with Crippen molar-refractivity contribution in [3.05, 3.63) is 28.2 Å². The molecule has 0 saturated heterocycles. The second-order valence-corrected chi connectivity index (χ2v) is 6.10. The molecule has 0 amide bonds. The van der Waals surface area contributed by atoms with Gasteiger partial charge in [-0.3, -0.25) is 0 Å². The molecule has 0 fully saturated rings. The highest BCUT2D eigenvalue weighted by molar-refractivity contribution is 9.10. The lowest BCUT2D eigenvalue weighted by Crippen LogP contribution is -2.42. The van der Waals surface area contributed by atoms with Crippen molar-refractivity contribution in [2.45, 2.75) is 26.3 Å². The number of methoxy groups -OCH3 is 1. The first-order valence-corrected chi connectivity index (χ1v) is 7.51. The van der Waals surface area contributed by atoms with Gasteiger partial charge in [0.2, 0.25) is 0 Å². The number of hydrogen-bond acceptors (Lipinski definition) is 3. The third-order valence-corrected chi connectivity index (χ3v) is 4.17. The molecule has 0 saturated carbocycles. The van der Waals surface area contributed by atoms with E-state index in [1.54, 1.807) is 7.11 Å². The molecule has 2 N–H and O–H groups in total. The van der Waals surface area contributed by atoms with Crippen LogP contribution in [0, 0.1) is 5.92 Å². The minimum atomic E-state index is 0.446. The highest BCUT2D eigenvalue weighted by atomic mass is 79.9. The number of nitrogens with two attached hydrogens (primary N) is 1. The molecule has 0 heterocycles. The highest BCUT2D eigenvalue weighted by Gasteiger charge is 2.16. The molecule has 0 spiro atoms. The fraction of sp³-hybridized carbons (Fsp3) is 0.600. The van der Waals surface area contributed by atoms with Crippen LogP contribution < -0.4 is 10.5 Å². The minimum absolute atomic E-state index is 0.446. The quantitative estimate of drug-likeness (QED) is 0.836. The van der Waals surface area contributed by atoms with Crippen LogP contribution >= 0.6 is 15.9 Å². The summed E-state index contributed by atoms with van der Waals surface area (Å²) >= 11 is 3.52. The van der Waals surface area contributed by atoms with Gasteiger partial charge < -0.3 is 15.4 Å². The predicted molar refractivity (Wildman–Crippen MR) is 84.7 cm³/mol. The maximum Gasteiger partial charge on any atom is 0.133 e. The van der Waals surface area contributed by atoms with Gasteiger partial charge in [0, 0.05) is 19.1 Å². The number of likely N-dealkylation sites (N-methyl/N-ethyl adjacent to an activating group) is 1. The molecule has 4 heteroatoms. The molecular formula is C15H25BrN2O. The van der Waals surface area contributed by atoms with Crippen molar-refractivity contribution in [1.29, 1.82) is 0 Å². The number of halogens is 1. The number of nitrogens with zero attached hydrogens (tertiary/aromatic N) is 1. The van der Waals surface area contributed by atoms with E-state index in [0.29, 0.717) is 18.5 Å². The van der Waals surface area contributed by atoms with E-state index >= 15 is 0 Å². The lowest BCUT2D eigenvalue weighted by atomic mass is 10.0. The fourth-order valence-corrected chi connectivity index (χ4v) is 2.89. The highest BCUT2D eigenvalue weighted by Crippen LogP contribution is 2.25. The van der Waals surface area contributed by atoms with Crippen LogP contribution in [0.15, 0.2) is 22.7 Å². The van der Waals surface area contributed by atoms with Crippen LogP contribution in [-0.4, -0.2) is 38.2 Å². The molecule has 1 aromatic carbocycles. The van der Waals surface area contributed by atoms with E-state index < -0.39 is 0 Å². The van der Waals surface area contributed by atoms with Crippen molar-refractivity contribution in [3.63, 3.8) is 0 Å². The Morgan fingerprint density at radius 2 is 2.05 bits per heavy atom. The monoisotopic (exact) mass is 328 g/mol. The lowest BCUT2D eigenvalue weighted by Gasteiger charge is -2.30. The Balaban J connectivity index is 2.59. The summed E-state index contributed by atoms with van der Waals surface area (Å²) in [7, 11) is 3.83. The molecule has 1 aromatic rings. The van der Waals surface area contributed by atoms with Crippen LogP contribution in [-0.2, 0) is 6.42 Å². The van der Waals surface area contributed by atoms with E-state index in [9.17, 15) is 0 Å². The first kappa shape index (κ1) is 16.5. The van der Waals surface area contributed by atoms with E-state index in [0.717, 1.165) is 23.2 Å². The number of benzene rings is 1. The molecule has 1 rings (SSSR count). The maximum atomic E-state index is 5.84. The molecule has 1 unspecified atom stereocenters. The van der Waals surface area contributed by atoms with E-state index in [2.05, 4.69) is 53.9 Å². The van der Waals surface area contributed by atoms with Gasteiger partial charge >= 0.3 is 0 Å². The van der Waals surface area contributed by atoms with Gasteiger partial charge in [-0.05, 0) is 53.0 Å². The zero-order valence-electron chi connectivity index (χ0n) is 12.3. The van der Waals surface area contributed by atoms with Gasteiger partial charge in [0.1, 0.15) is 5.75 Å². The summed E-state index contributed by atoms with van der Waals surface area (Å²) in [5.41, 5.74) is 7.14. The van der Waals surface area contributed by atoms with Crippen LogP contribution in [0.1, 0.15) is 19.4 Å². The summed E-state index contributed by atoms with van der Waals surface area (Å²) in [6, 6.07) is 6.69. The van der Waals surface area contributed by atoms with Gasteiger partial charge in [-0.15, -0.1) is 0 Å². The molecule has 1 atom stereocenters. The van der Waals surface area contributed by atoms with Gasteiger partial charge in [0.15, 0.2) is 0 Å². The summed E-state index contributed by atoms with van der Waals surface area (Å²) in [6.07, 6.45) is 1.02. The molecule has 0 radical (unpaired) electrons.